The molecule has 0 bridgehead atoms. The van der Waals surface area contributed by atoms with Crippen molar-refractivity contribution in [2.24, 2.45) is 17.8 Å². The average molecular weight is 383 g/mol. The summed E-state index contributed by atoms with van der Waals surface area (Å²) < 4.78 is 0. The van der Waals surface area contributed by atoms with E-state index in [-0.39, 0.29) is 29.7 Å². The standard InChI is InChI=1S/C22H29N3O3/c1-7-12-9-8-10-13-17(12)23-20(28)22(13)15-14(16(24-22)11(2)3)18(26)25(19(15)27)21(4,5)6/h8-11,14-16,24H,7H2,1-6H3,(H,23,28). The van der Waals surface area contributed by atoms with Crippen LogP contribution in [0.5, 0.6) is 0 Å². The van der Waals surface area contributed by atoms with Crippen molar-refractivity contribution < 1.29 is 14.4 Å². The van der Waals surface area contributed by atoms with Crippen LogP contribution in [0.3, 0.4) is 0 Å². The number of anilines is 1. The smallest absolute Gasteiger partial charge is 0.250 e. The minimum Gasteiger partial charge on any atom is -0.324 e. The Kier molecular flexibility index (Phi) is 4.03. The Labute approximate surface area is 166 Å². The number of likely N-dealkylation sites (tertiary alicyclic amines) is 1. The van der Waals surface area contributed by atoms with Crippen LogP contribution in [0.2, 0.25) is 0 Å². The molecule has 2 saturated heterocycles. The van der Waals surface area contributed by atoms with E-state index in [0.29, 0.717) is 0 Å². The van der Waals surface area contributed by atoms with Crippen molar-refractivity contribution in [3.63, 3.8) is 0 Å². The van der Waals surface area contributed by atoms with Crippen LogP contribution in [0.25, 0.3) is 0 Å². The third-order valence-electron chi connectivity index (χ3n) is 6.54. The summed E-state index contributed by atoms with van der Waals surface area (Å²) in [4.78, 5) is 41.7. The number of rotatable bonds is 2. The SMILES string of the molecule is CCc1cccc2c1NC(=O)C21NC(C(C)C)C2C(=O)N(C(C)(C)C)C(=O)C21. The van der Waals surface area contributed by atoms with Gasteiger partial charge in [0, 0.05) is 22.8 Å². The highest BCUT2D eigenvalue weighted by Crippen LogP contribution is 2.55. The molecule has 1 aromatic carbocycles. The Balaban J connectivity index is 1.94. The second kappa shape index (κ2) is 5.89. The minimum absolute atomic E-state index is 0.106. The molecule has 0 saturated carbocycles. The van der Waals surface area contributed by atoms with Crippen LogP contribution in [0.4, 0.5) is 5.69 Å². The normalized spacial score (nSPS) is 31.8. The first-order valence-corrected chi connectivity index (χ1v) is 10.1. The number of carbonyl (C=O) groups is 3. The number of hydrogen-bond acceptors (Lipinski definition) is 4. The third kappa shape index (κ3) is 2.21. The summed E-state index contributed by atoms with van der Waals surface area (Å²) >= 11 is 0. The molecule has 1 spiro atoms. The van der Waals surface area contributed by atoms with Gasteiger partial charge in [-0.1, -0.05) is 39.0 Å². The topological polar surface area (TPSA) is 78.5 Å². The Hall–Kier alpha value is -2.21. The Morgan fingerprint density at radius 2 is 1.82 bits per heavy atom. The summed E-state index contributed by atoms with van der Waals surface area (Å²) in [7, 11) is 0. The van der Waals surface area contributed by atoms with Gasteiger partial charge < -0.3 is 5.32 Å². The van der Waals surface area contributed by atoms with E-state index in [1.807, 2.05) is 59.7 Å². The highest BCUT2D eigenvalue weighted by molar-refractivity contribution is 6.15. The lowest BCUT2D eigenvalue weighted by atomic mass is 9.75. The molecular formula is C22H29N3O3. The number of nitrogens with zero attached hydrogens (tertiary/aromatic N) is 1. The largest absolute Gasteiger partial charge is 0.324 e. The number of hydrogen-bond donors (Lipinski definition) is 2. The summed E-state index contributed by atoms with van der Waals surface area (Å²) in [5, 5.41) is 6.50. The van der Waals surface area contributed by atoms with Gasteiger partial charge in [-0.3, -0.25) is 24.6 Å². The number of fused-ring (bicyclic) bond motifs is 4. The van der Waals surface area contributed by atoms with Gasteiger partial charge in [-0.25, -0.2) is 0 Å². The van der Waals surface area contributed by atoms with Crippen LogP contribution >= 0.6 is 0 Å². The first kappa shape index (κ1) is 19.1. The zero-order chi connectivity index (χ0) is 20.6. The van der Waals surface area contributed by atoms with E-state index in [1.165, 1.54) is 4.90 Å². The number of benzene rings is 1. The number of para-hydroxylation sites is 1. The lowest BCUT2D eigenvalue weighted by Crippen LogP contribution is -2.56. The van der Waals surface area contributed by atoms with Crippen LogP contribution in [0, 0.1) is 17.8 Å². The van der Waals surface area contributed by atoms with Gasteiger partial charge in [-0.2, -0.15) is 0 Å². The van der Waals surface area contributed by atoms with E-state index in [2.05, 4.69) is 10.6 Å². The summed E-state index contributed by atoms with van der Waals surface area (Å²) in [5.41, 5.74) is 0.822. The Bertz CT molecular complexity index is 886. The maximum Gasteiger partial charge on any atom is 0.250 e. The van der Waals surface area contributed by atoms with Crippen molar-refractivity contribution >= 4 is 23.4 Å². The number of aryl methyl sites for hydroxylation is 1. The first-order chi connectivity index (χ1) is 13.1. The summed E-state index contributed by atoms with van der Waals surface area (Å²) in [6.07, 6.45) is 0.780. The van der Waals surface area contributed by atoms with Crippen molar-refractivity contribution in [3.05, 3.63) is 29.3 Å². The van der Waals surface area contributed by atoms with Crippen LogP contribution in [0.15, 0.2) is 18.2 Å². The predicted octanol–water partition coefficient (Wildman–Crippen LogP) is 2.42. The van der Waals surface area contributed by atoms with E-state index in [0.717, 1.165) is 23.2 Å². The quantitative estimate of drug-likeness (QED) is 0.769. The average Bonchev–Trinajstić information content (AvgIpc) is 3.19. The zero-order valence-electron chi connectivity index (χ0n) is 17.4. The van der Waals surface area contributed by atoms with Gasteiger partial charge in [-0.05, 0) is 38.7 Å². The van der Waals surface area contributed by atoms with E-state index >= 15 is 0 Å². The number of imide groups is 1. The second-order valence-corrected chi connectivity index (χ2v) is 9.56. The van der Waals surface area contributed by atoms with Gasteiger partial charge >= 0.3 is 0 Å². The van der Waals surface area contributed by atoms with Crippen molar-refractivity contribution in [3.8, 4) is 0 Å². The summed E-state index contributed by atoms with van der Waals surface area (Å²) in [6.45, 7) is 11.7. The number of nitrogens with one attached hydrogen (secondary N) is 2. The molecule has 3 aliphatic heterocycles. The molecule has 6 nitrogen and oxygen atoms in total. The summed E-state index contributed by atoms with van der Waals surface area (Å²) in [5.74, 6) is -1.79. The molecule has 4 atom stereocenters. The maximum atomic E-state index is 13.6. The molecule has 2 N–H and O–H groups in total. The van der Waals surface area contributed by atoms with E-state index < -0.39 is 22.9 Å². The first-order valence-electron chi connectivity index (χ1n) is 10.1. The molecule has 1 aromatic rings. The molecule has 6 heteroatoms. The van der Waals surface area contributed by atoms with Crippen molar-refractivity contribution in [1.82, 2.24) is 10.2 Å². The molecule has 0 aromatic heterocycles. The molecule has 0 radical (unpaired) electrons. The Morgan fingerprint density at radius 3 is 2.39 bits per heavy atom. The van der Waals surface area contributed by atoms with Gasteiger partial charge in [0.05, 0.1) is 11.8 Å². The fourth-order valence-corrected chi connectivity index (χ4v) is 5.35. The maximum absolute atomic E-state index is 13.6. The molecule has 4 unspecified atom stereocenters. The minimum atomic E-state index is -1.19. The molecule has 2 fully saturated rings. The molecule has 28 heavy (non-hydrogen) atoms. The van der Waals surface area contributed by atoms with Crippen LogP contribution in [-0.4, -0.2) is 34.2 Å². The molecule has 4 rings (SSSR count). The van der Waals surface area contributed by atoms with Gasteiger partial charge in [0.1, 0.15) is 5.54 Å². The Morgan fingerprint density at radius 1 is 1.14 bits per heavy atom. The number of carbonyl (C=O) groups excluding carboxylic acids is 3. The fraction of sp³-hybridized carbons (Fsp3) is 0.591. The van der Waals surface area contributed by atoms with Crippen LogP contribution < -0.4 is 10.6 Å². The molecule has 3 amide bonds. The molecular weight excluding hydrogens is 354 g/mol. The molecule has 0 aliphatic carbocycles. The zero-order valence-corrected chi connectivity index (χ0v) is 17.4. The predicted molar refractivity (Wildman–Crippen MR) is 106 cm³/mol. The summed E-state index contributed by atoms with van der Waals surface area (Å²) in [6, 6.07) is 5.60. The highest BCUT2D eigenvalue weighted by Gasteiger charge is 2.71. The van der Waals surface area contributed by atoms with E-state index in [9.17, 15) is 14.4 Å². The lowest BCUT2D eigenvalue weighted by molar-refractivity contribution is -0.148. The van der Waals surface area contributed by atoms with Crippen LogP contribution in [0.1, 0.15) is 52.7 Å². The van der Waals surface area contributed by atoms with Gasteiger partial charge in [0.25, 0.3) is 0 Å². The van der Waals surface area contributed by atoms with Gasteiger partial charge in [0.15, 0.2) is 0 Å². The van der Waals surface area contributed by atoms with E-state index in [4.69, 9.17) is 0 Å². The third-order valence-corrected chi connectivity index (χ3v) is 6.54. The van der Waals surface area contributed by atoms with Crippen molar-refractivity contribution in [2.45, 2.75) is 65.1 Å². The van der Waals surface area contributed by atoms with Crippen molar-refractivity contribution in [1.29, 1.82) is 0 Å². The lowest BCUT2D eigenvalue weighted by Gasteiger charge is -2.35. The molecule has 3 aliphatic rings. The second-order valence-electron chi connectivity index (χ2n) is 9.56. The fourth-order valence-electron chi connectivity index (χ4n) is 5.35. The van der Waals surface area contributed by atoms with Crippen LogP contribution in [-0.2, 0) is 26.3 Å². The van der Waals surface area contributed by atoms with E-state index in [1.54, 1.807) is 0 Å². The van der Waals surface area contributed by atoms with Gasteiger partial charge in [0.2, 0.25) is 17.7 Å². The monoisotopic (exact) mass is 383 g/mol. The molecule has 150 valence electrons. The van der Waals surface area contributed by atoms with Gasteiger partial charge in [-0.15, -0.1) is 0 Å². The highest BCUT2D eigenvalue weighted by atomic mass is 16.2. The van der Waals surface area contributed by atoms with Crippen molar-refractivity contribution in [2.75, 3.05) is 5.32 Å². The number of amides is 3. The molecule has 3 heterocycles.